The molecule has 0 saturated carbocycles. The van der Waals surface area contributed by atoms with Crippen molar-refractivity contribution >= 4 is 11.3 Å². The zero-order chi connectivity index (χ0) is 13.2. The van der Waals surface area contributed by atoms with Crippen molar-refractivity contribution in [3.05, 3.63) is 23.3 Å². The standard InChI is InChI=1S/C12H17N3O2S/c1-8(2)16-7-12(3,13)11-14-10(17-15-11)9-5-4-6-18-9/h4-6,8H,7,13H2,1-3H3. The summed E-state index contributed by atoms with van der Waals surface area (Å²) in [7, 11) is 0. The number of hydrogen-bond donors (Lipinski definition) is 1. The summed E-state index contributed by atoms with van der Waals surface area (Å²) in [5, 5.41) is 5.90. The molecule has 2 N–H and O–H groups in total. The van der Waals surface area contributed by atoms with Crippen LogP contribution in [0.1, 0.15) is 26.6 Å². The van der Waals surface area contributed by atoms with Crippen LogP contribution in [0.4, 0.5) is 0 Å². The summed E-state index contributed by atoms with van der Waals surface area (Å²) in [5.74, 6) is 0.966. The molecule has 2 aromatic heterocycles. The van der Waals surface area contributed by atoms with Crippen LogP contribution in [-0.2, 0) is 10.3 Å². The lowest BCUT2D eigenvalue weighted by Crippen LogP contribution is -2.40. The maximum Gasteiger partial charge on any atom is 0.268 e. The van der Waals surface area contributed by atoms with Gasteiger partial charge < -0.3 is 15.0 Å². The molecule has 0 spiro atoms. The van der Waals surface area contributed by atoms with E-state index in [0.29, 0.717) is 18.3 Å². The van der Waals surface area contributed by atoms with Crippen molar-refractivity contribution in [1.82, 2.24) is 10.1 Å². The van der Waals surface area contributed by atoms with E-state index in [0.717, 1.165) is 4.88 Å². The SMILES string of the molecule is CC(C)OCC(C)(N)c1noc(-c2cccs2)n1. The molecule has 98 valence electrons. The van der Waals surface area contributed by atoms with Crippen LogP contribution in [0.5, 0.6) is 0 Å². The van der Waals surface area contributed by atoms with E-state index in [2.05, 4.69) is 10.1 Å². The molecule has 1 unspecified atom stereocenters. The Bertz CT molecular complexity index is 491. The van der Waals surface area contributed by atoms with Crippen molar-refractivity contribution in [2.75, 3.05) is 6.61 Å². The summed E-state index contributed by atoms with van der Waals surface area (Å²) in [6, 6.07) is 3.87. The van der Waals surface area contributed by atoms with Crippen LogP contribution in [0.25, 0.3) is 10.8 Å². The molecule has 1 atom stereocenters. The summed E-state index contributed by atoms with van der Waals surface area (Å²) in [4.78, 5) is 5.27. The zero-order valence-corrected chi connectivity index (χ0v) is 11.5. The van der Waals surface area contributed by atoms with Gasteiger partial charge >= 0.3 is 0 Å². The molecule has 0 radical (unpaired) electrons. The number of thiophene rings is 1. The minimum atomic E-state index is -0.747. The normalized spacial score (nSPS) is 14.9. The van der Waals surface area contributed by atoms with Crippen LogP contribution in [0.2, 0.25) is 0 Å². The van der Waals surface area contributed by atoms with Crippen molar-refractivity contribution < 1.29 is 9.26 Å². The fourth-order valence-corrected chi connectivity index (χ4v) is 2.00. The van der Waals surface area contributed by atoms with Gasteiger partial charge in [0.2, 0.25) is 0 Å². The van der Waals surface area contributed by atoms with Crippen LogP contribution >= 0.6 is 11.3 Å². The Morgan fingerprint density at radius 2 is 2.33 bits per heavy atom. The third-order valence-corrected chi connectivity index (χ3v) is 3.24. The first-order valence-corrected chi connectivity index (χ1v) is 6.65. The Morgan fingerprint density at radius 1 is 1.56 bits per heavy atom. The van der Waals surface area contributed by atoms with Crippen LogP contribution in [0, 0.1) is 0 Å². The van der Waals surface area contributed by atoms with Crippen molar-refractivity contribution in [3.8, 4) is 10.8 Å². The van der Waals surface area contributed by atoms with Crippen molar-refractivity contribution in [3.63, 3.8) is 0 Å². The van der Waals surface area contributed by atoms with Crippen molar-refractivity contribution in [1.29, 1.82) is 0 Å². The minimum absolute atomic E-state index is 0.122. The van der Waals surface area contributed by atoms with E-state index in [9.17, 15) is 0 Å². The summed E-state index contributed by atoms with van der Waals surface area (Å²) in [5.41, 5.74) is 5.40. The first kappa shape index (κ1) is 13.2. The van der Waals surface area contributed by atoms with E-state index in [4.69, 9.17) is 15.0 Å². The zero-order valence-electron chi connectivity index (χ0n) is 10.7. The van der Waals surface area contributed by atoms with Crippen molar-refractivity contribution in [2.24, 2.45) is 5.73 Å². The molecule has 0 fully saturated rings. The topological polar surface area (TPSA) is 74.2 Å². The van der Waals surface area contributed by atoms with Gasteiger partial charge in [-0.3, -0.25) is 0 Å². The van der Waals surface area contributed by atoms with Crippen molar-refractivity contribution in [2.45, 2.75) is 32.4 Å². The Hall–Kier alpha value is -1.24. The maximum atomic E-state index is 6.15. The van der Waals surface area contributed by atoms with Gasteiger partial charge in [-0.1, -0.05) is 11.2 Å². The van der Waals surface area contributed by atoms with Crippen LogP contribution in [-0.4, -0.2) is 22.9 Å². The highest BCUT2D eigenvalue weighted by Gasteiger charge is 2.28. The molecule has 0 aromatic carbocycles. The quantitative estimate of drug-likeness (QED) is 0.900. The van der Waals surface area contributed by atoms with Gasteiger partial charge in [0.15, 0.2) is 5.82 Å². The van der Waals surface area contributed by atoms with Crippen LogP contribution < -0.4 is 5.73 Å². The lowest BCUT2D eigenvalue weighted by atomic mass is 10.1. The van der Waals surface area contributed by atoms with Gasteiger partial charge in [-0.05, 0) is 32.2 Å². The second-order valence-corrected chi connectivity index (χ2v) is 5.63. The lowest BCUT2D eigenvalue weighted by molar-refractivity contribution is 0.0410. The Labute approximate surface area is 110 Å². The summed E-state index contributed by atoms with van der Waals surface area (Å²) >= 11 is 1.55. The van der Waals surface area contributed by atoms with E-state index in [-0.39, 0.29) is 6.10 Å². The summed E-state index contributed by atoms with van der Waals surface area (Å²) < 4.78 is 10.7. The monoisotopic (exact) mass is 267 g/mol. The molecular weight excluding hydrogens is 250 g/mol. The van der Waals surface area contributed by atoms with Gasteiger partial charge in [0, 0.05) is 0 Å². The van der Waals surface area contributed by atoms with Gasteiger partial charge in [-0.15, -0.1) is 11.3 Å². The molecule has 0 bridgehead atoms. The predicted molar refractivity (Wildman–Crippen MR) is 70.2 cm³/mol. The molecule has 2 rings (SSSR count). The van der Waals surface area contributed by atoms with Gasteiger partial charge in [-0.2, -0.15) is 4.98 Å². The number of hydrogen-bond acceptors (Lipinski definition) is 6. The van der Waals surface area contributed by atoms with Gasteiger partial charge in [0.25, 0.3) is 5.89 Å². The highest BCUT2D eigenvalue weighted by atomic mass is 32.1. The first-order chi connectivity index (χ1) is 8.49. The molecule has 5 nitrogen and oxygen atoms in total. The molecule has 2 heterocycles. The molecule has 0 aliphatic heterocycles. The molecule has 18 heavy (non-hydrogen) atoms. The van der Waals surface area contributed by atoms with E-state index in [1.54, 1.807) is 11.3 Å². The molecule has 2 aromatic rings. The van der Waals surface area contributed by atoms with E-state index < -0.39 is 5.54 Å². The third kappa shape index (κ3) is 2.95. The average molecular weight is 267 g/mol. The molecule has 0 aliphatic carbocycles. The number of ether oxygens (including phenoxy) is 1. The highest BCUT2D eigenvalue weighted by molar-refractivity contribution is 7.13. The highest BCUT2D eigenvalue weighted by Crippen LogP contribution is 2.25. The Kier molecular flexibility index (Phi) is 3.79. The largest absolute Gasteiger partial charge is 0.376 e. The maximum absolute atomic E-state index is 6.15. The third-order valence-electron chi connectivity index (χ3n) is 2.39. The predicted octanol–water partition coefficient (Wildman–Crippen LogP) is 2.40. The van der Waals surface area contributed by atoms with E-state index >= 15 is 0 Å². The second-order valence-electron chi connectivity index (χ2n) is 4.68. The van der Waals surface area contributed by atoms with Crippen LogP contribution in [0.3, 0.4) is 0 Å². The minimum Gasteiger partial charge on any atom is -0.376 e. The Morgan fingerprint density at radius 3 is 2.94 bits per heavy atom. The molecular formula is C12H17N3O2S. The van der Waals surface area contributed by atoms with Gasteiger partial charge in [0.05, 0.1) is 17.6 Å². The molecule has 0 saturated heterocycles. The van der Waals surface area contributed by atoms with E-state index in [1.807, 2.05) is 38.3 Å². The molecule has 0 aliphatic rings. The smallest absolute Gasteiger partial charge is 0.268 e. The van der Waals surface area contributed by atoms with Crippen LogP contribution in [0.15, 0.2) is 22.0 Å². The van der Waals surface area contributed by atoms with Gasteiger partial charge in [-0.25, -0.2) is 0 Å². The summed E-state index contributed by atoms with van der Waals surface area (Å²) in [6.07, 6.45) is 0.122. The summed E-state index contributed by atoms with van der Waals surface area (Å²) in [6.45, 7) is 6.11. The molecule has 0 amide bonds. The first-order valence-electron chi connectivity index (χ1n) is 5.77. The van der Waals surface area contributed by atoms with E-state index in [1.165, 1.54) is 0 Å². The van der Waals surface area contributed by atoms with Gasteiger partial charge in [0.1, 0.15) is 5.54 Å². The number of nitrogens with two attached hydrogens (primary N) is 1. The molecule has 6 heteroatoms. The fraction of sp³-hybridized carbons (Fsp3) is 0.500. The Balaban J connectivity index is 2.14. The lowest BCUT2D eigenvalue weighted by Gasteiger charge is -2.21. The fourth-order valence-electron chi connectivity index (χ4n) is 1.36. The number of nitrogens with zero attached hydrogens (tertiary/aromatic N) is 2. The second kappa shape index (κ2) is 5.17. The number of rotatable bonds is 5. The average Bonchev–Trinajstić information content (AvgIpc) is 2.96. The number of aromatic nitrogens is 2.